The molecule has 1 unspecified atom stereocenters. The molecule has 0 spiro atoms. The maximum atomic E-state index is 6.45. The van der Waals surface area contributed by atoms with E-state index in [1.165, 1.54) is 5.56 Å². The predicted octanol–water partition coefficient (Wildman–Crippen LogP) is 4.43. The summed E-state index contributed by atoms with van der Waals surface area (Å²) < 4.78 is 3.05. The highest BCUT2D eigenvalue weighted by atomic mass is 79.9. The Kier molecular flexibility index (Phi) is 5.47. The molecule has 5 heteroatoms. The molecular formula is C16H21BrClN3. The van der Waals surface area contributed by atoms with Crippen molar-refractivity contribution in [3.05, 3.63) is 50.2 Å². The van der Waals surface area contributed by atoms with Gasteiger partial charge in [0.1, 0.15) is 0 Å². The quantitative estimate of drug-likeness (QED) is 0.846. The third-order valence-electron chi connectivity index (χ3n) is 3.73. The van der Waals surface area contributed by atoms with Gasteiger partial charge in [-0.05, 0) is 37.5 Å². The molecule has 1 aromatic heterocycles. The number of nitrogens with zero attached hydrogens (tertiary/aromatic N) is 2. The minimum Gasteiger partial charge on any atom is -0.324 e. The lowest BCUT2D eigenvalue weighted by molar-refractivity contribution is 0.585. The summed E-state index contributed by atoms with van der Waals surface area (Å²) >= 11 is 10.0. The first kappa shape index (κ1) is 16.5. The van der Waals surface area contributed by atoms with Crippen LogP contribution in [0.2, 0.25) is 5.02 Å². The van der Waals surface area contributed by atoms with E-state index in [0.29, 0.717) is 6.42 Å². The molecule has 2 aromatic rings. The summed E-state index contributed by atoms with van der Waals surface area (Å²) in [4.78, 5) is 0. The van der Waals surface area contributed by atoms with E-state index in [1.807, 2.05) is 4.68 Å². The van der Waals surface area contributed by atoms with Crippen LogP contribution in [0.25, 0.3) is 0 Å². The Bertz CT molecular complexity index is 637. The molecule has 2 rings (SSSR count). The van der Waals surface area contributed by atoms with Gasteiger partial charge in [0.2, 0.25) is 0 Å². The molecule has 3 nitrogen and oxygen atoms in total. The third-order valence-corrected chi connectivity index (χ3v) is 5.02. The van der Waals surface area contributed by atoms with Gasteiger partial charge >= 0.3 is 0 Å². The molecule has 0 fully saturated rings. The van der Waals surface area contributed by atoms with Crippen molar-refractivity contribution in [3.63, 3.8) is 0 Å². The first-order valence-electron chi connectivity index (χ1n) is 7.23. The second kappa shape index (κ2) is 6.95. The van der Waals surface area contributed by atoms with Crippen molar-refractivity contribution in [2.24, 2.45) is 5.73 Å². The van der Waals surface area contributed by atoms with Crippen LogP contribution in [0.3, 0.4) is 0 Å². The average Bonchev–Trinajstić information content (AvgIpc) is 2.78. The largest absolute Gasteiger partial charge is 0.324 e. The van der Waals surface area contributed by atoms with Crippen LogP contribution in [0.15, 0.2) is 22.7 Å². The molecule has 0 saturated carbocycles. The number of rotatable bonds is 5. The highest BCUT2D eigenvalue weighted by molar-refractivity contribution is 9.10. The van der Waals surface area contributed by atoms with E-state index in [1.54, 1.807) is 0 Å². The van der Waals surface area contributed by atoms with Crippen molar-refractivity contribution in [1.29, 1.82) is 0 Å². The molecule has 1 heterocycles. The standard InChI is InChI=1S/C16H21BrClN3/c1-4-14-16(18)15(21(5-2)20-14)9-13(19)11-7-6-10(3)12(17)8-11/h6-8,13H,4-5,9,19H2,1-3H3. The predicted molar refractivity (Wildman–Crippen MR) is 91.8 cm³/mol. The fraction of sp³-hybridized carbons (Fsp3) is 0.438. The number of hydrogen-bond donors (Lipinski definition) is 1. The number of aryl methyl sites for hydroxylation is 3. The lowest BCUT2D eigenvalue weighted by Crippen LogP contribution is -2.16. The molecule has 0 saturated heterocycles. The molecular weight excluding hydrogens is 350 g/mol. The lowest BCUT2D eigenvalue weighted by Gasteiger charge is -2.14. The minimum atomic E-state index is -0.0916. The van der Waals surface area contributed by atoms with Gasteiger partial charge in [-0.15, -0.1) is 0 Å². The highest BCUT2D eigenvalue weighted by Gasteiger charge is 2.18. The van der Waals surface area contributed by atoms with Crippen molar-refractivity contribution in [3.8, 4) is 0 Å². The van der Waals surface area contributed by atoms with Crippen LogP contribution in [-0.2, 0) is 19.4 Å². The van der Waals surface area contributed by atoms with Gasteiger partial charge in [-0.2, -0.15) is 5.10 Å². The number of aromatic nitrogens is 2. The summed E-state index contributed by atoms with van der Waals surface area (Å²) in [5.74, 6) is 0. The van der Waals surface area contributed by atoms with Gasteiger partial charge in [-0.3, -0.25) is 4.68 Å². The maximum absolute atomic E-state index is 6.45. The first-order chi connectivity index (χ1) is 9.97. The fourth-order valence-electron chi connectivity index (χ4n) is 2.38. The van der Waals surface area contributed by atoms with Gasteiger partial charge < -0.3 is 5.73 Å². The Morgan fingerprint density at radius 2 is 2.10 bits per heavy atom. The van der Waals surface area contributed by atoms with E-state index >= 15 is 0 Å². The molecule has 1 atom stereocenters. The Balaban J connectivity index is 2.28. The molecule has 0 radical (unpaired) electrons. The highest BCUT2D eigenvalue weighted by Crippen LogP contribution is 2.27. The molecule has 2 N–H and O–H groups in total. The van der Waals surface area contributed by atoms with Crippen molar-refractivity contribution in [2.75, 3.05) is 0 Å². The van der Waals surface area contributed by atoms with E-state index in [0.717, 1.165) is 39.4 Å². The van der Waals surface area contributed by atoms with E-state index in [2.05, 4.69) is 60.0 Å². The summed E-state index contributed by atoms with van der Waals surface area (Å²) in [7, 11) is 0. The van der Waals surface area contributed by atoms with Gasteiger partial charge in [-0.25, -0.2) is 0 Å². The van der Waals surface area contributed by atoms with Gasteiger partial charge in [0.15, 0.2) is 0 Å². The second-order valence-electron chi connectivity index (χ2n) is 5.20. The Morgan fingerprint density at radius 3 is 2.67 bits per heavy atom. The molecule has 0 amide bonds. The second-order valence-corrected chi connectivity index (χ2v) is 6.43. The minimum absolute atomic E-state index is 0.0916. The normalized spacial score (nSPS) is 12.7. The van der Waals surface area contributed by atoms with Gasteiger partial charge in [0.05, 0.1) is 16.4 Å². The summed E-state index contributed by atoms with van der Waals surface area (Å²) in [6.45, 7) is 7.00. The van der Waals surface area contributed by atoms with E-state index in [-0.39, 0.29) is 6.04 Å². The maximum Gasteiger partial charge on any atom is 0.0850 e. The number of nitrogens with two attached hydrogens (primary N) is 1. The Hall–Kier alpha value is -0.840. The van der Waals surface area contributed by atoms with Crippen LogP contribution >= 0.6 is 27.5 Å². The van der Waals surface area contributed by atoms with Gasteiger partial charge in [0.25, 0.3) is 0 Å². The third kappa shape index (κ3) is 3.50. The zero-order valence-electron chi connectivity index (χ0n) is 12.7. The molecule has 114 valence electrons. The SMILES string of the molecule is CCc1nn(CC)c(CC(N)c2ccc(C)c(Br)c2)c1Cl. The zero-order valence-corrected chi connectivity index (χ0v) is 15.0. The van der Waals surface area contributed by atoms with E-state index in [4.69, 9.17) is 17.3 Å². The summed E-state index contributed by atoms with van der Waals surface area (Å²) in [6, 6.07) is 6.15. The molecule has 0 aliphatic rings. The van der Waals surface area contributed by atoms with Gasteiger partial charge in [-0.1, -0.05) is 46.6 Å². The van der Waals surface area contributed by atoms with E-state index < -0.39 is 0 Å². The lowest BCUT2D eigenvalue weighted by atomic mass is 10.0. The van der Waals surface area contributed by atoms with Crippen LogP contribution in [-0.4, -0.2) is 9.78 Å². The van der Waals surface area contributed by atoms with Crippen LogP contribution in [0, 0.1) is 6.92 Å². The first-order valence-corrected chi connectivity index (χ1v) is 8.40. The average molecular weight is 371 g/mol. The molecule has 0 aliphatic heterocycles. The molecule has 21 heavy (non-hydrogen) atoms. The van der Waals surface area contributed by atoms with Crippen molar-refractivity contribution >= 4 is 27.5 Å². The van der Waals surface area contributed by atoms with Crippen molar-refractivity contribution in [1.82, 2.24) is 9.78 Å². The number of benzene rings is 1. The monoisotopic (exact) mass is 369 g/mol. The summed E-state index contributed by atoms with van der Waals surface area (Å²) in [5, 5.41) is 5.31. The van der Waals surface area contributed by atoms with Crippen LogP contribution in [0.1, 0.15) is 42.4 Å². The van der Waals surface area contributed by atoms with Crippen molar-refractivity contribution in [2.45, 2.75) is 46.2 Å². The van der Waals surface area contributed by atoms with Crippen LogP contribution in [0.4, 0.5) is 0 Å². The zero-order chi connectivity index (χ0) is 15.6. The topological polar surface area (TPSA) is 43.8 Å². The van der Waals surface area contributed by atoms with Gasteiger partial charge in [0, 0.05) is 23.5 Å². The molecule has 0 aliphatic carbocycles. The van der Waals surface area contributed by atoms with Crippen molar-refractivity contribution < 1.29 is 0 Å². The number of hydrogen-bond acceptors (Lipinski definition) is 2. The summed E-state index contributed by atoms with van der Waals surface area (Å²) in [6.07, 6.45) is 1.53. The van der Waals surface area contributed by atoms with Crippen LogP contribution < -0.4 is 5.73 Å². The number of halogens is 2. The Labute approximate surface area is 139 Å². The molecule has 1 aromatic carbocycles. The summed E-state index contributed by atoms with van der Waals surface area (Å²) in [5.41, 5.74) is 10.7. The molecule has 0 bridgehead atoms. The van der Waals surface area contributed by atoms with Crippen LogP contribution in [0.5, 0.6) is 0 Å². The fourth-order valence-corrected chi connectivity index (χ4v) is 3.12. The van der Waals surface area contributed by atoms with E-state index in [9.17, 15) is 0 Å². The smallest absolute Gasteiger partial charge is 0.0850 e. The Morgan fingerprint density at radius 1 is 1.38 bits per heavy atom.